The van der Waals surface area contributed by atoms with Gasteiger partial charge in [-0.15, -0.1) is 11.3 Å². The molecule has 2 aromatic rings. The maximum Gasteiger partial charge on any atom is 0.191 e. The van der Waals surface area contributed by atoms with Gasteiger partial charge >= 0.3 is 0 Å². The van der Waals surface area contributed by atoms with E-state index in [2.05, 4.69) is 49.5 Å². The topological polar surface area (TPSA) is 49.3 Å². The Morgan fingerprint density at radius 2 is 2.09 bits per heavy atom. The summed E-state index contributed by atoms with van der Waals surface area (Å²) < 4.78 is 1.10. The van der Waals surface area contributed by atoms with Crippen LogP contribution in [-0.2, 0) is 6.54 Å². The first kappa shape index (κ1) is 17.0. The molecule has 0 aliphatic carbocycles. The molecule has 4 nitrogen and oxygen atoms in total. The average Bonchev–Trinajstić information content (AvgIpc) is 2.81. The zero-order chi connectivity index (χ0) is 16.1. The van der Waals surface area contributed by atoms with Crippen molar-refractivity contribution >= 4 is 33.2 Å². The van der Waals surface area contributed by atoms with E-state index < -0.39 is 0 Å². The van der Waals surface area contributed by atoms with Crippen molar-refractivity contribution in [3.63, 3.8) is 0 Å². The highest BCUT2D eigenvalue weighted by Crippen LogP contribution is 2.22. The Balaban J connectivity index is 1.98. The van der Waals surface area contributed by atoms with Crippen LogP contribution in [0.1, 0.15) is 34.1 Å². The lowest BCUT2D eigenvalue weighted by molar-refractivity contribution is 0.683. The summed E-state index contributed by atoms with van der Waals surface area (Å²) in [5, 5.41) is 7.86. The molecule has 1 unspecified atom stereocenters. The molecule has 1 atom stereocenters. The number of nitrogens with zero attached hydrogens (tertiary/aromatic N) is 2. The molecule has 22 heavy (non-hydrogen) atoms. The van der Waals surface area contributed by atoms with Crippen LogP contribution in [0.4, 0.5) is 0 Å². The van der Waals surface area contributed by atoms with Crippen molar-refractivity contribution in [2.45, 2.75) is 33.4 Å². The molecule has 2 rings (SSSR count). The fourth-order valence-electron chi connectivity index (χ4n) is 2.21. The predicted octanol–water partition coefficient (Wildman–Crippen LogP) is 3.95. The SMILES string of the molecule is CN=C(NCc1sc(C)nc1C)NC(C)c1ccccc1Br. The fourth-order valence-corrected chi connectivity index (χ4v) is 3.71. The molecule has 118 valence electrons. The Morgan fingerprint density at radius 3 is 2.68 bits per heavy atom. The highest BCUT2D eigenvalue weighted by atomic mass is 79.9. The Bertz CT molecular complexity index is 666. The van der Waals surface area contributed by atoms with Crippen molar-refractivity contribution in [3.8, 4) is 0 Å². The second kappa shape index (κ2) is 7.74. The van der Waals surface area contributed by atoms with Crippen molar-refractivity contribution in [2.24, 2.45) is 4.99 Å². The average molecular weight is 381 g/mol. The summed E-state index contributed by atoms with van der Waals surface area (Å²) in [6.45, 7) is 6.93. The van der Waals surface area contributed by atoms with Gasteiger partial charge in [-0.2, -0.15) is 0 Å². The van der Waals surface area contributed by atoms with Gasteiger partial charge in [0.1, 0.15) is 0 Å². The van der Waals surface area contributed by atoms with Gasteiger partial charge < -0.3 is 10.6 Å². The molecule has 0 saturated carbocycles. The minimum Gasteiger partial charge on any atom is -0.351 e. The first-order chi connectivity index (χ1) is 10.5. The van der Waals surface area contributed by atoms with Crippen LogP contribution in [0.5, 0.6) is 0 Å². The molecular weight excluding hydrogens is 360 g/mol. The summed E-state index contributed by atoms with van der Waals surface area (Å²) in [5.74, 6) is 0.786. The van der Waals surface area contributed by atoms with E-state index in [0.29, 0.717) is 0 Å². The summed E-state index contributed by atoms with van der Waals surface area (Å²) >= 11 is 5.31. The Kier molecular flexibility index (Phi) is 5.97. The Labute approximate surface area is 144 Å². The number of aromatic nitrogens is 1. The van der Waals surface area contributed by atoms with E-state index in [1.54, 1.807) is 18.4 Å². The van der Waals surface area contributed by atoms with E-state index in [9.17, 15) is 0 Å². The maximum absolute atomic E-state index is 4.45. The number of thiazole rings is 1. The van der Waals surface area contributed by atoms with Gasteiger partial charge in [0.15, 0.2) is 5.96 Å². The summed E-state index contributed by atoms with van der Waals surface area (Å²) in [7, 11) is 1.78. The van der Waals surface area contributed by atoms with Gasteiger partial charge in [0, 0.05) is 16.4 Å². The third-order valence-corrected chi connectivity index (χ3v) is 5.16. The molecular formula is C16H21BrN4S. The maximum atomic E-state index is 4.45. The van der Waals surface area contributed by atoms with Crippen LogP contribution in [0.2, 0.25) is 0 Å². The molecule has 0 aliphatic rings. The van der Waals surface area contributed by atoms with Crippen LogP contribution < -0.4 is 10.6 Å². The van der Waals surface area contributed by atoms with E-state index in [0.717, 1.165) is 27.7 Å². The van der Waals surface area contributed by atoms with Gasteiger partial charge in [-0.05, 0) is 32.4 Å². The molecule has 1 aromatic carbocycles. The summed E-state index contributed by atoms with van der Waals surface area (Å²) in [4.78, 5) is 9.99. The van der Waals surface area contributed by atoms with Gasteiger partial charge in [0.25, 0.3) is 0 Å². The number of hydrogen-bond donors (Lipinski definition) is 2. The molecule has 1 heterocycles. The molecule has 0 fully saturated rings. The van der Waals surface area contributed by atoms with Crippen LogP contribution in [0.25, 0.3) is 0 Å². The lowest BCUT2D eigenvalue weighted by Crippen LogP contribution is -2.38. The van der Waals surface area contributed by atoms with E-state index >= 15 is 0 Å². The standard InChI is InChI=1S/C16H21BrN4S/c1-10(13-7-5-6-8-14(13)17)21-16(18-4)19-9-15-11(2)20-12(3)22-15/h5-8,10H,9H2,1-4H3,(H2,18,19,21). The molecule has 0 spiro atoms. The van der Waals surface area contributed by atoms with Crippen LogP contribution >= 0.6 is 27.3 Å². The lowest BCUT2D eigenvalue weighted by Gasteiger charge is -2.19. The van der Waals surface area contributed by atoms with Gasteiger partial charge in [0.05, 0.1) is 23.3 Å². The molecule has 0 amide bonds. The number of hydrogen-bond acceptors (Lipinski definition) is 3. The smallest absolute Gasteiger partial charge is 0.191 e. The number of halogens is 1. The van der Waals surface area contributed by atoms with Gasteiger partial charge in [-0.25, -0.2) is 4.98 Å². The van der Waals surface area contributed by atoms with E-state index in [1.165, 1.54) is 10.4 Å². The van der Waals surface area contributed by atoms with Crippen molar-refractivity contribution in [1.82, 2.24) is 15.6 Å². The molecule has 2 N–H and O–H groups in total. The molecule has 0 radical (unpaired) electrons. The molecule has 0 bridgehead atoms. The molecule has 0 aliphatic heterocycles. The number of aliphatic imine (C=N–C) groups is 1. The van der Waals surface area contributed by atoms with Crippen molar-refractivity contribution in [1.29, 1.82) is 0 Å². The van der Waals surface area contributed by atoms with Crippen molar-refractivity contribution in [3.05, 3.63) is 49.9 Å². The van der Waals surface area contributed by atoms with Crippen LogP contribution in [0.15, 0.2) is 33.7 Å². The van der Waals surface area contributed by atoms with E-state index in [4.69, 9.17) is 0 Å². The van der Waals surface area contributed by atoms with Crippen LogP contribution in [0, 0.1) is 13.8 Å². The van der Waals surface area contributed by atoms with Crippen LogP contribution in [0.3, 0.4) is 0 Å². The quantitative estimate of drug-likeness (QED) is 0.623. The number of rotatable bonds is 4. The third kappa shape index (κ3) is 4.30. The van der Waals surface area contributed by atoms with Crippen molar-refractivity contribution in [2.75, 3.05) is 7.05 Å². The summed E-state index contributed by atoms with van der Waals surface area (Å²) in [5.41, 5.74) is 2.29. The summed E-state index contributed by atoms with van der Waals surface area (Å²) in [6, 6.07) is 8.37. The second-order valence-electron chi connectivity index (χ2n) is 5.05. The molecule has 1 aromatic heterocycles. The zero-order valence-electron chi connectivity index (χ0n) is 13.3. The normalized spacial score (nSPS) is 13.0. The van der Waals surface area contributed by atoms with E-state index in [-0.39, 0.29) is 6.04 Å². The number of nitrogens with one attached hydrogen (secondary N) is 2. The molecule has 6 heteroatoms. The summed E-state index contributed by atoms with van der Waals surface area (Å²) in [6.07, 6.45) is 0. The van der Waals surface area contributed by atoms with Crippen LogP contribution in [-0.4, -0.2) is 18.0 Å². The Hall–Kier alpha value is -1.40. The van der Waals surface area contributed by atoms with Gasteiger partial charge in [-0.1, -0.05) is 34.1 Å². The van der Waals surface area contributed by atoms with Crippen molar-refractivity contribution < 1.29 is 0 Å². The largest absolute Gasteiger partial charge is 0.351 e. The lowest BCUT2D eigenvalue weighted by atomic mass is 10.1. The van der Waals surface area contributed by atoms with E-state index in [1.807, 2.05) is 32.0 Å². The number of aryl methyl sites for hydroxylation is 2. The minimum absolute atomic E-state index is 0.158. The number of guanidine groups is 1. The monoisotopic (exact) mass is 380 g/mol. The third-order valence-electron chi connectivity index (χ3n) is 3.36. The highest BCUT2D eigenvalue weighted by molar-refractivity contribution is 9.10. The predicted molar refractivity (Wildman–Crippen MR) is 97.5 cm³/mol. The first-order valence-electron chi connectivity index (χ1n) is 7.15. The first-order valence-corrected chi connectivity index (χ1v) is 8.76. The minimum atomic E-state index is 0.158. The van der Waals surface area contributed by atoms with Gasteiger partial charge in [0.2, 0.25) is 0 Å². The zero-order valence-corrected chi connectivity index (χ0v) is 15.7. The fraction of sp³-hybridized carbons (Fsp3) is 0.375. The second-order valence-corrected chi connectivity index (χ2v) is 7.20. The Morgan fingerprint density at radius 1 is 1.36 bits per heavy atom. The molecule has 0 saturated heterocycles. The number of benzene rings is 1. The van der Waals surface area contributed by atoms with Gasteiger partial charge in [-0.3, -0.25) is 4.99 Å². The highest BCUT2D eigenvalue weighted by Gasteiger charge is 2.11.